The Hall–Kier alpha value is -1.66. The van der Waals surface area contributed by atoms with E-state index in [-0.39, 0.29) is 16.3 Å². The Labute approximate surface area is 102 Å². The number of nitriles is 1. The third kappa shape index (κ3) is 2.54. The molecule has 0 aliphatic rings. The molecule has 0 aliphatic carbocycles. The third-order valence-corrected chi connectivity index (χ3v) is 4.65. The van der Waals surface area contributed by atoms with Crippen molar-refractivity contribution in [3.63, 3.8) is 0 Å². The zero-order valence-corrected chi connectivity index (χ0v) is 10.7. The Morgan fingerprint density at radius 3 is 2.71 bits per heavy atom. The molecule has 1 heterocycles. The van der Waals surface area contributed by atoms with Gasteiger partial charge in [0.2, 0.25) is 10.0 Å². The van der Waals surface area contributed by atoms with Crippen molar-refractivity contribution in [2.24, 2.45) is 0 Å². The van der Waals surface area contributed by atoms with Crippen molar-refractivity contribution in [2.45, 2.75) is 6.92 Å². The van der Waals surface area contributed by atoms with Crippen LogP contribution in [0.15, 0.2) is 0 Å². The van der Waals surface area contributed by atoms with E-state index in [0.717, 1.165) is 15.8 Å². The molecule has 0 radical (unpaired) electrons. The van der Waals surface area contributed by atoms with Crippen LogP contribution in [0.5, 0.6) is 0 Å². The van der Waals surface area contributed by atoms with Crippen LogP contribution in [0.4, 0.5) is 5.00 Å². The fourth-order valence-electron chi connectivity index (χ4n) is 1.12. The molecule has 0 saturated carbocycles. The summed E-state index contributed by atoms with van der Waals surface area (Å²) in [4.78, 5) is 11.0. The molecule has 9 heteroatoms. The summed E-state index contributed by atoms with van der Waals surface area (Å²) in [5.74, 6) is -1.95. The first-order valence-electron chi connectivity index (χ1n) is 4.34. The summed E-state index contributed by atoms with van der Waals surface area (Å²) in [5, 5.41) is 17.4. The van der Waals surface area contributed by atoms with Crippen molar-refractivity contribution < 1.29 is 18.3 Å². The van der Waals surface area contributed by atoms with E-state index >= 15 is 0 Å². The predicted octanol–water partition coefficient (Wildman–Crippen LogP) is 0.439. The van der Waals surface area contributed by atoms with Gasteiger partial charge in [0, 0.05) is 7.05 Å². The molecule has 0 spiro atoms. The standard InChI is InChI=1S/C8H9N3O4S2/c1-5-6(8(12)13)7(16-10-5)11(2)17(14,15)4-3-9/h4H2,1-2H3,(H,12,13). The smallest absolute Gasteiger partial charge is 0.340 e. The van der Waals surface area contributed by atoms with Crippen molar-refractivity contribution >= 4 is 32.5 Å². The maximum Gasteiger partial charge on any atom is 0.340 e. The van der Waals surface area contributed by atoms with Gasteiger partial charge in [-0.15, -0.1) is 0 Å². The highest BCUT2D eigenvalue weighted by molar-refractivity contribution is 7.93. The average molecular weight is 275 g/mol. The number of carboxylic acids is 1. The van der Waals surface area contributed by atoms with Crippen LogP contribution in [-0.2, 0) is 10.0 Å². The van der Waals surface area contributed by atoms with Crippen LogP contribution in [-0.4, -0.2) is 36.7 Å². The number of rotatable bonds is 4. The van der Waals surface area contributed by atoms with Crippen molar-refractivity contribution in [2.75, 3.05) is 17.1 Å². The second-order valence-electron chi connectivity index (χ2n) is 3.14. The minimum absolute atomic E-state index is 0.00486. The minimum Gasteiger partial charge on any atom is -0.478 e. The van der Waals surface area contributed by atoms with E-state index in [2.05, 4.69) is 4.37 Å². The number of sulfonamides is 1. The van der Waals surface area contributed by atoms with Gasteiger partial charge in [-0.3, -0.25) is 4.31 Å². The number of hydrogen-bond donors (Lipinski definition) is 1. The second kappa shape index (κ2) is 4.68. The summed E-state index contributed by atoms with van der Waals surface area (Å²) < 4.78 is 27.8. The molecule has 1 N–H and O–H groups in total. The topological polar surface area (TPSA) is 111 Å². The van der Waals surface area contributed by atoms with Crippen LogP contribution >= 0.6 is 11.5 Å². The zero-order chi connectivity index (χ0) is 13.2. The van der Waals surface area contributed by atoms with E-state index in [9.17, 15) is 13.2 Å². The number of aromatic carboxylic acids is 1. The molecule has 0 aromatic carbocycles. The summed E-state index contributed by atoms with van der Waals surface area (Å²) in [7, 11) is -2.63. The first-order valence-corrected chi connectivity index (χ1v) is 6.72. The molecule has 17 heavy (non-hydrogen) atoms. The largest absolute Gasteiger partial charge is 0.478 e. The second-order valence-corrected chi connectivity index (χ2v) is 5.89. The molecule has 0 unspecified atom stereocenters. The lowest BCUT2D eigenvalue weighted by atomic mass is 10.2. The number of hydrogen-bond acceptors (Lipinski definition) is 6. The first kappa shape index (κ1) is 13.4. The van der Waals surface area contributed by atoms with E-state index < -0.39 is 21.7 Å². The number of aryl methyl sites for hydroxylation is 1. The molecule has 0 saturated heterocycles. The maximum absolute atomic E-state index is 11.6. The lowest BCUT2D eigenvalue weighted by molar-refractivity contribution is 0.0697. The lowest BCUT2D eigenvalue weighted by Crippen LogP contribution is -2.29. The molecule has 1 aromatic heterocycles. The average Bonchev–Trinajstić information content (AvgIpc) is 2.58. The summed E-state index contributed by atoms with van der Waals surface area (Å²) in [6, 6.07) is 1.52. The third-order valence-electron chi connectivity index (χ3n) is 2.01. The van der Waals surface area contributed by atoms with Gasteiger partial charge in [0.15, 0.2) is 5.75 Å². The van der Waals surface area contributed by atoms with E-state index in [1.54, 1.807) is 0 Å². The van der Waals surface area contributed by atoms with Gasteiger partial charge in [0.25, 0.3) is 0 Å². The molecule has 7 nitrogen and oxygen atoms in total. The lowest BCUT2D eigenvalue weighted by Gasteiger charge is -2.15. The SMILES string of the molecule is Cc1nsc(N(C)S(=O)(=O)CC#N)c1C(=O)O. The zero-order valence-electron chi connectivity index (χ0n) is 9.04. The monoisotopic (exact) mass is 275 g/mol. The number of carbonyl (C=O) groups is 1. The van der Waals surface area contributed by atoms with Crippen LogP contribution in [0.3, 0.4) is 0 Å². The van der Waals surface area contributed by atoms with Crippen LogP contribution in [0.2, 0.25) is 0 Å². The van der Waals surface area contributed by atoms with Gasteiger partial charge in [-0.2, -0.15) is 9.64 Å². The van der Waals surface area contributed by atoms with Crippen LogP contribution < -0.4 is 4.31 Å². The van der Waals surface area contributed by atoms with E-state index in [4.69, 9.17) is 10.4 Å². The van der Waals surface area contributed by atoms with Gasteiger partial charge >= 0.3 is 5.97 Å². The van der Waals surface area contributed by atoms with Gasteiger partial charge in [0.05, 0.1) is 11.8 Å². The Balaban J connectivity index is 3.28. The van der Waals surface area contributed by atoms with Crippen LogP contribution in [0.1, 0.15) is 16.1 Å². The normalized spacial score (nSPS) is 10.9. The Bertz CT molecular complexity index is 584. The van der Waals surface area contributed by atoms with Gasteiger partial charge in [-0.25, -0.2) is 13.2 Å². The first-order chi connectivity index (χ1) is 7.81. The van der Waals surface area contributed by atoms with Gasteiger partial charge in [0.1, 0.15) is 10.6 Å². The highest BCUT2D eigenvalue weighted by Gasteiger charge is 2.27. The molecule has 1 rings (SSSR count). The molecule has 0 bridgehead atoms. The number of nitrogens with zero attached hydrogens (tertiary/aromatic N) is 3. The fraction of sp³-hybridized carbons (Fsp3) is 0.375. The molecular formula is C8H9N3O4S2. The van der Waals surface area contributed by atoms with E-state index in [0.29, 0.717) is 0 Å². The van der Waals surface area contributed by atoms with Crippen molar-refractivity contribution in [3.8, 4) is 6.07 Å². The quantitative estimate of drug-likeness (QED) is 0.853. The number of anilines is 1. The number of aromatic nitrogens is 1. The van der Waals surface area contributed by atoms with Crippen molar-refractivity contribution in [3.05, 3.63) is 11.3 Å². The Morgan fingerprint density at radius 1 is 1.65 bits per heavy atom. The van der Waals surface area contributed by atoms with E-state index in [1.807, 2.05) is 0 Å². The molecular weight excluding hydrogens is 266 g/mol. The molecule has 1 aromatic rings. The van der Waals surface area contributed by atoms with Crippen molar-refractivity contribution in [1.29, 1.82) is 5.26 Å². The summed E-state index contributed by atoms with van der Waals surface area (Å²) >= 11 is 0.772. The molecule has 0 fully saturated rings. The highest BCUT2D eigenvalue weighted by Crippen LogP contribution is 2.29. The summed E-state index contributed by atoms with van der Waals surface area (Å²) in [5.41, 5.74) is 0.0931. The molecule has 0 amide bonds. The van der Waals surface area contributed by atoms with E-state index in [1.165, 1.54) is 20.0 Å². The minimum atomic E-state index is -3.83. The van der Waals surface area contributed by atoms with Crippen LogP contribution in [0.25, 0.3) is 0 Å². The Morgan fingerprint density at radius 2 is 2.24 bits per heavy atom. The molecule has 0 aliphatic heterocycles. The maximum atomic E-state index is 11.6. The van der Waals surface area contributed by atoms with Crippen LogP contribution in [0, 0.1) is 18.3 Å². The van der Waals surface area contributed by atoms with Gasteiger partial charge in [-0.1, -0.05) is 0 Å². The summed E-state index contributed by atoms with van der Waals surface area (Å²) in [6.45, 7) is 1.48. The molecule has 0 atom stereocenters. The predicted molar refractivity (Wildman–Crippen MR) is 61.6 cm³/mol. The molecule has 92 valence electrons. The highest BCUT2D eigenvalue weighted by atomic mass is 32.2. The van der Waals surface area contributed by atoms with Gasteiger partial charge < -0.3 is 5.11 Å². The van der Waals surface area contributed by atoms with Gasteiger partial charge in [-0.05, 0) is 18.5 Å². The summed E-state index contributed by atoms with van der Waals surface area (Å²) in [6.07, 6.45) is 0. The fourth-order valence-corrected chi connectivity index (χ4v) is 3.02. The Kier molecular flexibility index (Phi) is 3.69. The number of carboxylic acid groups (broad SMARTS) is 1. The van der Waals surface area contributed by atoms with Crippen molar-refractivity contribution in [1.82, 2.24) is 4.37 Å².